The molecule has 0 spiro atoms. The van der Waals surface area contributed by atoms with Crippen LogP contribution < -0.4 is 21.1 Å². The lowest BCUT2D eigenvalue weighted by Gasteiger charge is -2.32. The van der Waals surface area contributed by atoms with Crippen molar-refractivity contribution in [2.24, 2.45) is 0 Å². The van der Waals surface area contributed by atoms with Crippen LogP contribution in [0.4, 0.5) is 11.6 Å². The predicted octanol–water partition coefficient (Wildman–Crippen LogP) is 4.03. The number of nitrogens with zero attached hydrogens (tertiary/aromatic N) is 4. The van der Waals surface area contributed by atoms with Gasteiger partial charge in [-0.15, -0.1) is 0 Å². The molecular formula is C35H44N8O4. The average Bonchev–Trinajstić information content (AvgIpc) is 3.33. The summed E-state index contributed by atoms with van der Waals surface area (Å²) in [6, 6.07) is 17.2. The lowest BCUT2D eigenvalue weighted by molar-refractivity contribution is -0.122. The number of hydrogen-bond donors (Lipinski definition) is 4. The number of anilines is 2. The summed E-state index contributed by atoms with van der Waals surface area (Å²) in [5.41, 5.74) is 9.25. The third-order valence-corrected chi connectivity index (χ3v) is 8.22. The van der Waals surface area contributed by atoms with Gasteiger partial charge in [0, 0.05) is 68.7 Å². The molecule has 2 saturated heterocycles. The fourth-order valence-electron chi connectivity index (χ4n) is 5.44. The Balaban J connectivity index is 0.982. The van der Waals surface area contributed by atoms with Crippen LogP contribution in [0.5, 0.6) is 11.5 Å². The van der Waals surface area contributed by atoms with Gasteiger partial charge in [-0.2, -0.15) is 0 Å². The van der Waals surface area contributed by atoms with Crippen molar-refractivity contribution < 1.29 is 19.0 Å². The number of likely N-dealkylation sites (N-methyl/N-ethyl adjacent to an activating group) is 1. The topological polar surface area (TPSA) is 151 Å². The largest absolute Gasteiger partial charge is 0.457 e. The Bertz CT molecular complexity index is 1540. The van der Waals surface area contributed by atoms with Crippen LogP contribution in [0.15, 0.2) is 85.0 Å². The molecule has 0 radical (unpaired) electrons. The monoisotopic (exact) mass is 640 g/mol. The van der Waals surface area contributed by atoms with Crippen LogP contribution in [0, 0.1) is 5.41 Å². The van der Waals surface area contributed by atoms with Crippen molar-refractivity contribution in [3.8, 4) is 11.5 Å². The molecule has 0 aliphatic carbocycles. The number of likely N-dealkylation sites (tertiary alicyclic amines) is 2. The van der Waals surface area contributed by atoms with E-state index in [9.17, 15) is 4.79 Å². The molecular weight excluding hydrogens is 596 g/mol. The zero-order valence-corrected chi connectivity index (χ0v) is 26.9. The Kier molecular flexibility index (Phi) is 11.9. The van der Waals surface area contributed by atoms with E-state index in [0.29, 0.717) is 62.1 Å². The number of nitrogens with one attached hydrogen (secondary N) is 3. The van der Waals surface area contributed by atoms with E-state index in [4.69, 9.17) is 25.4 Å². The van der Waals surface area contributed by atoms with Gasteiger partial charge in [-0.25, -0.2) is 9.97 Å². The van der Waals surface area contributed by atoms with Gasteiger partial charge in [0.2, 0.25) is 0 Å². The molecule has 1 amide bonds. The van der Waals surface area contributed by atoms with Gasteiger partial charge in [-0.3, -0.25) is 10.2 Å². The van der Waals surface area contributed by atoms with Gasteiger partial charge >= 0.3 is 0 Å². The summed E-state index contributed by atoms with van der Waals surface area (Å²) in [6.07, 6.45) is 5.64. The Morgan fingerprint density at radius 2 is 1.72 bits per heavy atom. The fraction of sp³-hybridized carbons (Fsp3) is 0.371. The first-order valence-corrected chi connectivity index (χ1v) is 15.9. The molecule has 2 aliphatic rings. The fourth-order valence-corrected chi connectivity index (χ4v) is 5.44. The van der Waals surface area contributed by atoms with Crippen molar-refractivity contribution in [1.82, 2.24) is 25.1 Å². The maximum atomic E-state index is 12.0. The molecule has 2 aromatic carbocycles. The number of rotatable bonds is 16. The number of piperidine rings is 1. The summed E-state index contributed by atoms with van der Waals surface area (Å²) in [7, 11) is 1.74. The van der Waals surface area contributed by atoms with E-state index < -0.39 is 0 Å². The summed E-state index contributed by atoms with van der Waals surface area (Å²) in [6.45, 7) is 9.46. The van der Waals surface area contributed by atoms with Crippen LogP contribution in [-0.4, -0.2) is 97.1 Å². The lowest BCUT2D eigenvalue weighted by atomic mass is 10.0. The Morgan fingerprint density at radius 3 is 2.43 bits per heavy atom. The first-order valence-electron chi connectivity index (χ1n) is 15.9. The van der Waals surface area contributed by atoms with E-state index in [1.165, 1.54) is 6.33 Å². The summed E-state index contributed by atoms with van der Waals surface area (Å²) in [5.74, 6) is 2.27. The highest BCUT2D eigenvalue weighted by Crippen LogP contribution is 2.27. The van der Waals surface area contributed by atoms with Crippen LogP contribution in [0.3, 0.4) is 0 Å². The Morgan fingerprint density at radius 1 is 1.02 bits per heavy atom. The van der Waals surface area contributed by atoms with Crippen LogP contribution >= 0.6 is 0 Å². The van der Waals surface area contributed by atoms with Crippen molar-refractivity contribution in [3.05, 3.63) is 96.1 Å². The van der Waals surface area contributed by atoms with E-state index in [2.05, 4.69) is 32.1 Å². The molecule has 12 heteroatoms. The SMILES string of the molecule is C=C1C/C(=C/NCCOCCOCCN2CCC(Nc3ncnc(N)c3C(=N)c3ccc(Oc4ccccc4)cc3)CC2)C(=O)N1C. The summed E-state index contributed by atoms with van der Waals surface area (Å²) in [5, 5.41) is 15.6. The number of aromatic nitrogens is 2. The van der Waals surface area contributed by atoms with Gasteiger partial charge in [-0.05, 0) is 49.2 Å². The maximum absolute atomic E-state index is 12.0. The molecule has 2 fully saturated rings. The van der Waals surface area contributed by atoms with Crippen LogP contribution in [0.2, 0.25) is 0 Å². The predicted molar refractivity (Wildman–Crippen MR) is 183 cm³/mol. The third-order valence-electron chi connectivity index (χ3n) is 8.22. The van der Waals surface area contributed by atoms with E-state index in [1.54, 1.807) is 18.1 Å². The van der Waals surface area contributed by atoms with Gasteiger partial charge < -0.3 is 40.4 Å². The quantitative estimate of drug-likeness (QED) is 0.103. The summed E-state index contributed by atoms with van der Waals surface area (Å²) >= 11 is 0. The maximum Gasteiger partial charge on any atom is 0.255 e. The van der Waals surface area contributed by atoms with Crippen LogP contribution in [0.1, 0.15) is 30.4 Å². The molecule has 12 nitrogen and oxygen atoms in total. The highest BCUT2D eigenvalue weighted by atomic mass is 16.5. The van der Waals surface area contributed by atoms with Crippen molar-refractivity contribution in [3.63, 3.8) is 0 Å². The van der Waals surface area contributed by atoms with Crippen LogP contribution in [-0.2, 0) is 14.3 Å². The first kappa shape index (κ1) is 33.6. The average molecular weight is 641 g/mol. The standard InChI is InChI=1S/C35H44N8O4/c1-25-22-27(35(44)42(25)2)23-38-14-18-45-20-21-46-19-17-43-15-12-28(13-16-43)41-34-31(33(37)39-24-40-34)32(36)26-8-10-30(11-9-26)47-29-6-4-3-5-7-29/h3-11,23-24,28,36,38H,1,12-22H2,2H3,(H3,37,39,40,41)/b27-23-,36-32?. The van der Waals surface area contributed by atoms with E-state index in [-0.39, 0.29) is 23.5 Å². The number of benzene rings is 2. The smallest absolute Gasteiger partial charge is 0.255 e. The molecule has 248 valence electrons. The molecule has 0 atom stereocenters. The van der Waals surface area contributed by atoms with E-state index in [0.717, 1.165) is 49.5 Å². The van der Waals surface area contributed by atoms with Gasteiger partial charge in [-0.1, -0.05) is 24.8 Å². The number of amides is 1. The molecule has 3 heterocycles. The molecule has 47 heavy (non-hydrogen) atoms. The number of nitrogens with two attached hydrogens (primary N) is 1. The van der Waals surface area contributed by atoms with Crippen molar-refractivity contribution >= 4 is 23.3 Å². The molecule has 1 aromatic heterocycles. The third kappa shape index (κ3) is 9.38. The minimum Gasteiger partial charge on any atom is -0.457 e. The zero-order chi connectivity index (χ0) is 33.0. The second kappa shape index (κ2) is 16.7. The Hall–Kier alpha value is -4.78. The molecule has 2 aliphatic heterocycles. The lowest BCUT2D eigenvalue weighted by Crippen LogP contribution is -2.41. The van der Waals surface area contributed by atoms with Gasteiger partial charge in [0.15, 0.2) is 0 Å². The molecule has 0 unspecified atom stereocenters. The number of carbonyl (C=O) groups excluding carboxylic acids is 1. The molecule has 0 bridgehead atoms. The minimum atomic E-state index is -0.00673. The number of ether oxygens (including phenoxy) is 3. The number of allylic oxidation sites excluding steroid dienone is 1. The number of hydrogen-bond acceptors (Lipinski definition) is 11. The summed E-state index contributed by atoms with van der Waals surface area (Å²) < 4.78 is 17.3. The second-order valence-electron chi connectivity index (χ2n) is 11.5. The summed E-state index contributed by atoms with van der Waals surface area (Å²) in [4.78, 5) is 24.6. The van der Waals surface area contributed by atoms with Gasteiger partial charge in [0.1, 0.15) is 29.5 Å². The molecule has 5 rings (SSSR count). The van der Waals surface area contributed by atoms with E-state index >= 15 is 0 Å². The minimum absolute atomic E-state index is 0.00673. The van der Waals surface area contributed by atoms with Gasteiger partial charge in [0.25, 0.3) is 5.91 Å². The molecule has 5 N–H and O–H groups in total. The number of nitrogen functional groups attached to an aromatic ring is 1. The van der Waals surface area contributed by atoms with Crippen molar-refractivity contribution in [2.45, 2.75) is 25.3 Å². The van der Waals surface area contributed by atoms with Crippen LogP contribution in [0.25, 0.3) is 0 Å². The van der Waals surface area contributed by atoms with Crippen molar-refractivity contribution in [2.75, 3.05) is 70.7 Å². The highest BCUT2D eigenvalue weighted by molar-refractivity contribution is 6.16. The number of carbonyl (C=O) groups is 1. The molecule has 0 saturated carbocycles. The van der Waals surface area contributed by atoms with Gasteiger partial charge in [0.05, 0.1) is 37.7 Å². The number of para-hydroxylation sites is 1. The second-order valence-corrected chi connectivity index (χ2v) is 11.5. The van der Waals surface area contributed by atoms with E-state index in [1.807, 2.05) is 54.6 Å². The zero-order valence-electron chi connectivity index (χ0n) is 26.9. The Labute approximate surface area is 276 Å². The first-order chi connectivity index (χ1) is 22.9. The highest BCUT2D eigenvalue weighted by Gasteiger charge is 2.26. The van der Waals surface area contributed by atoms with Crippen molar-refractivity contribution in [1.29, 1.82) is 5.41 Å². The molecule has 3 aromatic rings. The normalized spacial score (nSPS) is 16.5.